The van der Waals surface area contributed by atoms with Crippen LogP contribution in [0.3, 0.4) is 0 Å². The Morgan fingerprint density at radius 2 is 1.92 bits per heavy atom. The largest absolute Gasteiger partial charge is 0.388 e. The fraction of sp³-hybridized carbons (Fsp3) is 0.632. The van der Waals surface area contributed by atoms with Gasteiger partial charge < -0.3 is 20.1 Å². The lowest BCUT2D eigenvalue weighted by Crippen LogP contribution is -2.50. The number of benzene rings is 1. The van der Waals surface area contributed by atoms with Gasteiger partial charge in [0.25, 0.3) is 0 Å². The van der Waals surface area contributed by atoms with Crippen molar-refractivity contribution in [3.05, 3.63) is 35.9 Å². The molecule has 0 atom stereocenters. The van der Waals surface area contributed by atoms with Gasteiger partial charge in [-0.25, -0.2) is 4.79 Å². The molecule has 0 unspecified atom stereocenters. The number of hydrogen-bond acceptors (Lipinski definition) is 3. The number of hydrogen-bond donors (Lipinski definition) is 2. The molecule has 5 heteroatoms. The maximum Gasteiger partial charge on any atom is 0.317 e. The average Bonchev–Trinajstić information content (AvgIpc) is 2.99. The first kappa shape index (κ1) is 18.7. The van der Waals surface area contributed by atoms with Gasteiger partial charge in [-0.2, -0.15) is 0 Å². The third-order valence-corrected chi connectivity index (χ3v) is 4.74. The van der Waals surface area contributed by atoms with Crippen molar-refractivity contribution in [2.45, 2.75) is 57.3 Å². The minimum Gasteiger partial charge on any atom is -0.388 e. The normalized spacial score (nSPS) is 16.8. The van der Waals surface area contributed by atoms with E-state index in [9.17, 15) is 9.90 Å². The Morgan fingerprint density at radius 3 is 2.50 bits per heavy atom. The number of methoxy groups -OCH3 is 1. The van der Waals surface area contributed by atoms with Crippen LogP contribution in [0.15, 0.2) is 30.3 Å². The first-order valence-electron chi connectivity index (χ1n) is 8.68. The summed E-state index contributed by atoms with van der Waals surface area (Å²) in [6.07, 6.45) is 3.56. The smallest absolute Gasteiger partial charge is 0.317 e. The molecule has 2 amide bonds. The van der Waals surface area contributed by atoms with Crippen LogP contribution in [0.5, 0.6) is 0 Å². The predicted molar refractivity (Wildman–Crippen MR) is 94.8 cm³/mol. The average molecular weight is 334 g/mol. The monoisotopic (exact) mass is 334 g/mol. The van der Waals surface area contributed by atoms with Gasteiger partial charge >= 0.3 is 6.03 Å². The predicted octanol–water partition coefficient (Wildman–Crippen LogP) is 2.93. The van der Waals surface area contributed by atoms with E-state index in [-0.39, 0.29) is 6.03 Å². The molecular weight excluding hydrogens is 304 g/mol. The molecule has 1 aliphatic carbocycles. The highest BCUT2D eigenvalue weighted by molar-refractivity contribution is 5.74. The standard InChI is InChI=1S/C19H30N2O3/c1-18(2,24-3)14-20-17(22)21(13-16-9-5-4-6-10-16)15-19(23)11-7-8-12-19/h4-6,9-10,23H,7-8,11-15H2,1-3H3,(H,20,22). The summed E-state index contributed by atoms with van der Waals surface area (Å²) in [5.41, 5.74) is -0.124. The van der Waals surface area contributed by atoms with Gasteiger partial charge in [0.2, 0.25) is 0 Å². The number of ether oxygens (including phenoxy) is 1. The molecule has 2 rings (SSSR count). The summed E-state index contributed by atoms with van der Waals surface area (Å²) in [6, 6.07) is 9.72. The van der Waals surface area contributed by atoms with E-state index >= 15 is 0 Å². The van der Waals surface area contributed by atoms with Gasteiger partial charge in [0, 0.05) is 20.2 Å². The molecule has 0 radical (unpaired) electrons. The van der Waals surface area contributed by atoms with Gasteiger partial charge in [0.1, 0.15) is 0 Å². The third kappa shape index (κ3) is 5.49. The zero-order valence-corrected chi connectivity index (χ0v) is 15.0. The highest BCUT2D eigenvalue weighted by Gasteiger charge is 2.35. The molecule has 0 aromatic heterocycles. The Morgan fingerprint density at radius 1 is 1.29 bits per heavy atom. The van der Waals surface area contributed by atoms with Crippen LogP contribution in [-0.2, 0) is 11.3 Å². The van der Waals surface area contributed by atoms with E-state index in [1.165, 1.54) is 0 Å². The molecule has 0 spiro atoms. The fourth-order valence-electron chi connectivity index (χ4n) is 3.02. The van der Waals surface area contributed by atoms with Crippen LogP contribution in [0.2, 0.25) is 0 Å². The lowest BCUT2D eigenvalue weighted by molar-refractivity contribution is 0.0117. The van der Waals surface area contributed by atoms with Gasteiger partial charge in [-0.15, -0.1) is 0 Å². The molecule has 1 aromatic rings. The number of rotatable bonds is 7. The molecule has 5 nitrogen and oxygen atoms in total. The summed E-state index contributed by atoms with van der Waals surface area (Å²) < 4.78 is 5.36. The van der Waals surface area contributed by atoms with Gasteiger partial charge in [0.15, 0.2) is 0 Å². The Labute approximate surface area is 145 Å². The number of amides is 2. The molecule has 1 aliphatic rings. The highest BCUT2D eigenvalue weighted by Crippen LogP contribution is 2.30. The Kier molecular flexibility index (Phi) is 6.24. The lowest BCUT2D eigenvalue weighted by Gasteiger charge is -2.33. The SMILES string of the molecule is COC(C)(C)CNC(=O)N(Cc1ccccc1)CC1(O)CCCC1. The van der Waals surface area contributed by atoms with Crippen molar-refractivity contribution in [1.29, 1.82) is 0 Å². The number of carbonyl (C=O) groups excluding carboxylic acids is 1. The van der Waals surface area contributed by atoms with E-state index < -0.39 is 11.2 Å². The van der Waals surface area contributed by atoms with Crippen LogP contribution in [0.25, 0.3) is 0 Å². The molecule has 134 valence electrons. The molecule has 1 saturated carbocycles. The zero-order valence-electron chi connectivity index (χ0n) is 15.0. The maximum absolute atomic E-state index is 12.7. The van der Waals surface area contributed by atoms with Gasteiger partial charge in [0.05, 0.1) is 17.7 Å². The fourth-order valence-corrected chi connectivity index (χ4v) is 3.02. The van der Waals surface area contributed by atoms with Crippen molar-refractivity contribution in [2.75, 3.05) is 20.2 Å². The van der Waals surface area contributed by atoms with Crippen molar-refractivity contribution >= 4 is 6.03 Å². The van der Waals surface area contributed by atoms with E-state index in [1.54, 1.807) is 12.0 Å². The molecule has 0 saturated heterocycles. The van der Waals surface area contributed by atoms with Crippen molar-refractivity contribution in [1.82, 2.24) is 10.2 Å². The number of carbonyl (C=O) groups is 1. The number of aliphatic hydroxyl groups is 1. The minimum absolute atomic E-state index is 0.163. The Bertz CT molecular complexity index is 525. The van der Waals surface area contributed by atoms with Crippen LogP contribution in [0.1, 0.15) is 45.1 Å². The van der Waals surface area contributed by atoms with Crippen molar-refractivity contribution in [3.8, 4) is 0 Å². The topological polar surface area (TPSA) is 61.8 Å². The first-order valence-corrected chi connectivity index (χ1v) is 8.68. The molecular formula is C19H30N2O3. The molecule has 1 fully saturated rings. The second-order valence-electron chi connectivity index (χ2n) is 7.40. The first-order chi connectivity index (χ1) is 11.3. The maximum atomic E-state index is 12.7. The van der Waals surface area contributed by atoms with Gasteiger partial charge in [-0.1, -0.05) is 43.2 Å². The molecule has 0 bridgehead atoms. The molecule has 1 aromatic carbocycles. The molecule has 2 N–H and O–H groups in total. The van der Waals surface area contributed by atoms with Gasteiger partial charge in [-0.05, 0) is 32.3 Å². The van der Waals surface area contributed by atoms with E-state index in [1.807, 2.05) is 44.2 Å². The number of nitrogens with one attached hydrogen (secondary N) is 1. The van der Waals surface area contributed by atoms with Crippen molar-refractivity contribution in [3.63, 3.8) is 0 Å². The Hall–Kier alpha value is -1.59. The summed E-state index contributed by atoms with van der Waals surface area (Å²) >= 11 is 0. The van der Waals surface area contributed by atoms with Crippen LogP contribution in [0, 0.1) is 0 Å². The summed E-state index contributed by atoms with van der Waals surface area (Å²) in [4.78, 5) is 14.4. The van der Waals surface area contributed by atoms with Crippen LogP contribution in [0.4, 0.5) is 4.79 Å². The van der Waals surface area contributed by atoms with Crippen LogP contribution >= 0.6 is 0 Å². The lowest BCUT2D eigenvalue weighted by atomic mass is 10.0. The molecule has 0 heterocycles. The minimum atomic E-state index is -0.761. The van der Waals surface area contributed by atoms with E-state index in [0.29, 0.717) is 19.6 Å². The molecule has 0 aliphatic heterocycles. The summed E-state index contributed by atoms with van der Waals surface area (Å²) in [5.74, 6) is 0. The van der Waals surface area contributed by atoms with E-state index in [2.05, 4.69) is 5.32 Å². The number of urea groups is 1. The highest BCUT2D eigenvalue weighted by atomic mass is 16.5. The second kappa shape index (κ2) is 7.99. The van der Waals surface area contributed by atoms with Gasteiger partial charge in [-0.3, -0.25) is 0 Å². The summed E-state index contributed by atoms with van der Waals surface area (Å²) in [7, 11) is 1.63. The zero-order chi connectivity index (χ0) is 17.6. The van der Waals surface area contributed by atoms with E-state index in [4.69, 9.17) is 4.74 Å². The van der Waals surface area contributed by atoms with Crippen LogP contribution < -0.4 is 5.32 Å². The third-order valence-electron chi connectivity index (χ3n) is 4.74. The Balaban J connectivity index is 2.05. The second-order valence-corrected chi connectivity index (χ2v) is 7.40. The molecule has 24 heavy (non-hydrogen) atoms. The van der Waals surface area contributed by atoms with Crippen LogP contribution in [-0.4, -0.2) is 47.4 Å². The van der Waals surface area contributed by atoms with Crippen molar-refractivity contribution in [2.24, 2.45) is 0 Å². The quantitative estimate of drug-likeness (QED) is 0.806. The number of nitrogens with zero attached hydrogens (tertiary/aromatic N) is 1. The summed E-state index contributed by atoms with van der Waals surface area (Å²) in [6.45, 7) is 5.13. The van der Waals surface area contributed by atoms with E-state index in [0.717, 1.165) is 31.2 Å². The summed E-state index contributed by atoms with van der Waals surface area (Å²) in [5, 5.41) is 13.7. The van der Waals surface area contributed by atoms with Crippen molar-refractivity contribution < 1.29 is 14.6 Å².